The van der Waals surface area contributed by atoms with Gasteiger partial charge in [-0.2, -0.15) is 0 Å². The lowest BCUT2D eigenvalue weighted by atomic mass is 10.1. The van der Waals surface area contributed by atoms with Crippen LogP contribution in [0.25, 0.3) is 21.8 Å². The van der Waals surface area contributed by atoms with Gasteiger partial charge in [-0.25, -0.2) is 4.98 Å². The van der Waals surface area contributed by atoms with Crippen molar-refractivity contribution < 1.29 is 4.74 Å². The zero-order valence-electron chi connectivity index (χ0n) is 12.9. The van der Waals surface area contributed by atoms with Crippen molar-refractivity contribution in [2.75, 3.05) is 0 Å². The predicted octanol–water partition coefficient (Wildman–Crippen LogP) is 5.52. The van der Waals surface area contributed by atoms with E-state index in [0.29, 0.717) is 0 Å². The number of halogens is 1. The van der Waals surface area contributed by atoms with E-state index in [1.807, 2.05) is 61.7 Å². The highest BCUT2D eigenvalue weighted by Gasteiger charge is 2.14. The van der Waals surface area contributed by atoms with Crippen LogP contribution >= 0.6 is 15.9 Å². The molecule has 4 aromatic rings. The van der Waals surface area contributed by atoms with Gasteiger partial charge in [0.05, 0.1) is 22.6 Å². The van der Waals surface area contributed by atoms with Crippen LogP contribution in [0, 0.1) is 17.7 Å². The van der Waals surface area contributed by atoms with Gasteiger partial charge in [-0.3, -0.25) is 0 Å². The van der Waals surface area contributed by atoms with Crippen molar-refractivity contribution in [3.63, 3.8) is 0 Å². The summed E-state index contributed by atoms with van der Waals surface area (Å²) in [5, 5.41) is 2.14. The molecule has 116 valence electrons. The summed E-state index contributed by atoms with van der Waals surface area (Å²) in [5.74, 6) is 4.62. The predicted molar refractivity (Wildman–Crippen MR) is 101 cm³/mol. The maximum absolute atomic E-state index is 6.13. The summed E-state index contributed by atoms with van der Waals surface area (Å²) >= 11 is 3.15. The maximum atomic E-state index is 6.13. The number of benzene rings is 2. The molecular weight excluding hydrogens is 364 g/mol. The zero-order chi connectivity index (χ0) is 16.5. The number of aryl methyl sites for hydroxylation is 1. The van der Waals surface area contributed by atoms with Gasteiger partial charge in [0.15, 0.2) is 0 Å². The van der Waals surface area contributed by atoms with Gasteiger partial charge in [-0.05, 0) is 47.5 Å². The molecule has 2 heterocycles. The third kappa shape index (κ3) is 2.44. The van der Waals surface area contributed by atoms with Gasteiger partial charge in [0.1, 0.15) is 17.2 Å². The van der Waals surface area contributed by atoms with Crippen molar-refractivity contribution >= 4 is 37.7 Å². The van der Waals surface area contributed by atoms with Crippen LogP contribution in [0.4, 0.5) is 0 Å². The average Bonchev–Trinajstić information content (AvgIpc) is 2.99. The molecular formula is C20H13BrN2O. The Hall–Kier alpha value is -2.77. The number of hydrogen-bond acceptors (Lipinski definition) is 2. The number of ether oxygens (including phenoxy) is 1. The lowest BCUT2D eigenvalue weighted by molar-refractivity contribution is 0.488. The number of fused-ring (bicyclic) bond motifs is 3. The molecule has 0 bridgehead atoms. The molecule has 24 heavy (non-hydrogen) atoms. The SMILES string of the molecule is Cc1c(C#CBr)ncc2[nH]c3cccc(Oc4ccccc4)c3c12. The summed E-state index contributed by atoms with van der Waals surface area (Å²) in [7, 11) is 0. The topological polar surface area (TPSA) is 37.9 Å². The van der Waals surface area contributed by atoms with Gasteiger partial charge in [-0.15, -0.1) is 0 Å². The monoisotopic (exact) mass is 376 g/mol. The number of pyridine rings is 1. The molecule has 4 heteroatoms. The van der Waals surface area contributed by atoms with E-state index < -0.39 is 0 Å². The van der Waals surface area contributed by atoms with Gasteiger partial charge in [-0.1, -0.05) is 24.3 Å². The first-order valence-electron chi connectivity index (χ1n) is 7.52. The fourth-order valence-electron chi connectivity index (χ4n) is 2.94. The van der Waals surface area contributed by atoms with Crippen LogP contribution in [0.1, 0.15) is 11.3 Å². The number of aromatic amines is 1. The van der Waals surface area contributed by atoms with E-state index in [0.717, 1.165) is 44.6 Å². The lowest BCUT2D eigenvalue weighted by Gasteiger charge is -2.08. The third-order valence-corrected chi connectivity index (χ3v) is 4.20. The molecule has 0 spiro atoms. The highest BCUT2D eigenvalue weighted by atomic mass is 79.9. The van der Waals surface area contributed by atoms with Gasteiger partial charge in [0, 0.05) is 21.3 Å². The highest BCUT2D eigenvalue weighted by molar-refractivity contribution is 9.12. The Morgan fingerprint density at radius 1 is 1.00 bits per heavy atom. The average molecular weight is 377 g/mol. The molecule has 4 rings (SSSR count). The minimum absolute atomic E-state index is 0.759. The molecule has 3 nitrogen and oxygen atoms in total. The van der Waals surface area contributed by atoms with E-state index in [9.17, 15) is 0 Å². The molecule has 0 unspecified atom stereocenters. The van der Waals surface area contributed by atoms with Gasteiger partial charge in [0.25, 0.3) is 0 Å². The number of para-hydroxylation sites is 1. The Bertz CT molecular complexity index is 1100. The Morgan fingerprint density at radius 2 is 1.83 bits per heavy atom. The quantitative estimate of drug-likeness (QED) is 0.467. The standard InChI is InChI=1S/C20H13BrN2O/c1-13-15(10-11-21)22-12-17-19(13)20-16(23-17)8-5-9-18(20)24-14-6-3-2-4-7-14/h2-9,12,23H,1H3. The fraction of sp³-hybridized carbons (Fsp3) is 0.0500. The van der Waals surface area contributed by atoms with Crippen LogP contribution in [0.3, 0.4) is 0 Å². The molecule has 0 aliphatic rings. The van der Waals surface area contributed by atoms with Crippen LogP contribution in [-0.4, -0.2) is 9.97 Å². The third-order valence-electron chi connectivity index (χ3n) is 4.00. The van der Waals surface area contributed by atoms with E-state index in [4.69, 9.17) is 4.74 Å². The second kappa shape index (κ2) is 6.03. The molecule has 1 N–H and O–H groups in total. The van der Waals surface area contributed by atoms with Gasteiger partial charge in [0.2, 0.25) is 0 Å². The second-order valence-electron chi connectivity index (χ2n) is 5.46. The normalized spacial score (nSPS) is 10.6. The first-order valence-corrected chi connectivity index (χ1v) is 8.32. The largest absolute Gasteiger partial charge is 0.457 e. The molecule has 0 saturated heterocycles. The van der Waals surface area contributed by atoms with Crippen molar-refractivity contribution in [1.82, 2.24) is 9.97 Å². The van der Waals surface area contributed by atoms with Crippen molar-refractivity contribution in [2.24, 2.45) is 0 Å². The zero-order valence-corrected chi connectivity index (χ0v) is 14.5. The minimum Gasteiger partial charge on any atom is -0.457 e. The summed E-state index contributed by atoms with van der Waals surface area (Å²) < 4.78 is 6.13. The Kier molecular flexibility index (Phi) is 3.72. The Morgan fingerprint density at radius 3 is 2.62 bits per heavy atom. The van der Waals surface area contributed by atoms with Gasteiger partial charge >= 0.3 is 0 Å². The summed E-state index contributed by atoms with van der Waals surface area (Å²) in [4.78, 5) is 10.6. The van der Waals surface area contributed by atoms with Crippen molar-refractivity contribution in [3.8, 4) is 22.2 Å². The molecule has 0 amide bonds. The van der Waals surface area contributed by atoms with E-state index in [-0.39, 0.29) is 0 Å². The highest BCUT2D eigenvalue weighted by Crippen LogP contribution is 2.37. The maximum Gasteiger partial charge on any atom is 0.137 e. The second-order valence-corrected chi connectivity index (χ2v) is 5.86. The van der Waals surface area contributed by atoms with E-state index in [1.165, 1.54) is 0 Å². The summed E-state index contributed by atoms with van der Waals surface area (Å²) in [6.07, 6.45) is 1.82. The fourth-order valence-corrected chi connectivity index (χ4v) is 3.13. The van der Waals surface area contributed by atoms with Crippen LogP contribution < -0.4 is 4.74 Å². The summed E-state index contributed by atoms with van der Waals surface area (Å²) in [6.45, 7) is 2.04. The smallest absolute Gasteiger partial charge is 0.137 e. The molecule has 0 fully saturated rings. The van der Waals surface area contributed by atoms with Crippen LogP contribution in [0.2, 0.25) is 0 Å². The number of nitrogens with one attached hydrogen (secondary N) is 1. The van der Waals surface area contributed by atoms with Crippen molar-refractivity contribution in [2.45, 2.75) is 6.92 Å². The molecule has 0 radical (unpaired) electrons. The number of aromatic nitrogens is 2. The lowest BCUT2D eigenvalue weighted by Crippen LogP contribution is -1.89. The Balaban J connectivity index is 2.00. The summed E-state index contributed by atoms with van der Waals surface area (Å²) in [5.41, 5.74) is 3.80. The molecule has 2 aromatic heterocycles. The van der Waals surface area contributed by atoms with Crippen LogP contribution in [0.5, 0.6) is 11.5 Å². The number of hydrogen-bond donors (Lipinski definition) is 1. The number of nitrogens with zero attached hydrogens (tertiary/aromatic N) is 1. The van der Waals surface area contributed by atoms with Gasteiger partial charge < -0.3 is 9.72 Å². The number of rotatable bonds is 2. The van der Waals surface area contributed by atoms with Crippen LogP contribution in [-0.2, 0) is 0 Å². The first kappa shape index (κ1) is 14.8. The molecule has 0 aliphatic carbocycles. The van der Waals surface area contributed by atoms with E-state index in [1.54, 1.807) is 0 Å². The Labute approximate surface area is 147 Å². The number of H-pyrrole nitrogens is 1. The molecule has 0 saturated carbocycles. The first-order chi connectivity index (χ1) is 11.8. The van der Waals surface area contributed by atoms with Crippen molar-refractivity contribution in [3.05, 3.63) is 66.0 Å². The van der Waals surface area contributed by atoms with Crippen LogP contribution in [0.15, 0.2) is 54.7 Å². The van der Waals surface area contributed by atoms with E-state index >= 15 is 0 Å². The molecule has 0 aliphatic heterocycles. The molecule has 0 atom stereocenters. The van der Waals surface area contributed by atoms with E-state index in [2.05, 4.69) is 36.6 Å². The minimum atomic E-state index is 0.759. The van der Waals surface area contributed by atoms with Crippen molar-refractivity contribution in [1.29, 1.82) is 0 Å². The molecule has 2 aromatic carbocycles. The summed E-state index contributed by atoms with van der Waals surface area (Å²) in [6, 6.07) is 15.8.